The summed E-state index contributed by atoms with van der Waals surface area (Å²) in [5.41, 5.74) is 1.83. The van der Waals surface area contributed by atoms with Crippen molar-refractivity contribution >= 4 is 22.9 Å². The number of hydrogen-bond acceptors (Lipinski definition) is 4. The Morgan fingerprint density at radius 3 is 2.58 bits per heavy atom. The molecule has 0 radical (unpaired) electrons. The second kappa shape index (κ2) is 7.97. The molecule has 0 aliphatic carbocycles. The monoisotopic (exact) mass is 375 g/mol. The molecule has 0 aliphatic rings. The number of carbonyl (C=O) groups is 1. The molecule has 0 bridgehead atoms. The third-order valence-corrected chi connectivity index (χ3v) is 4.51. The Bertz CT molecular complexity index is 898. The van der Waals surface area contributed by atoms with Crippen molar-refractivity contribution in [1.82, 2.24) is 0 Å². The van der Waals surface area contributed by atoms with Gasteiger partial charge >= 0.3 is 6.61 Å². The van der Waals surface area contributed by atoms with Gasteiger partial charge in [0.15, 0.2) is 11.5 Å². The lowest BCUT2D eigenvalue weighted by atomic mass is 10.1. The average Bonchev–Trinajstić information content (AvgIpc) is 3.16. The van der Waals surface area contributed by atoms with Gasteiger partial charge in [-0.2, -0.15) is 8.78 Å². The van der Waals surface area contributed by atoms with E-state index in [1.807, 2.05) is 35.7 Å². The molecule has 1 amide bonds. The van der Waals surface area contributed by atoms with E-state index < -0.39 is 6.61 Å². The van der Waals surface area contributed by atoms with Gasteiger partial charge in [-0.3, -0.25) is 4.79 Å². The maximum atomic E-state index is 12.6. The SMILES string of the molecule is COc1cc(C(=O)Nc2ccccc2-c2cccs2)ccc1OC(F)F. The lowest BCUT2D eigenvalue weighted by molar-refractivity contribution is -0.0512. The Hall–Kier alpha value is -2.93. The summed E-state index contributed by atoms with van der Waals surface area (Å²) in [7, 11) is 1.32. The van der Waals surface area contributed by atoms with Crippen LogP contribution in [0.4, 0.5) is 14.5 Å². The number of anilines is 1. The van der Waals surface area contributed by atoms with Gasteiger partial charge in [-0.05, 0) is 35.7 Å². The molecule has 3 aromatic rings. The number of hydrogen-bond donors (Lipinski definition) is 1. The zero-order valence-electron chi connectivity index (χ0n) is 13.7. The molecule has 0 aliphatic heterocycles. The van der Waals surface area contributed by atoms with Gasteiger partial charge < -0.3 is 14.8 Å². The van der Waals surface area contributed by atoms with E-state index in [1.54, 1.807) is 17.4 Å². The number of methoxy groups -OCH3 is 1. The number of carbonyl (C=O) groups excluding carboxylic acids is 1. The molecule has 0 saturated carbocycles. The first-order valence-corrected chi connectivity index (χ1v) is 8.53. The molecule has 2 aromatic carbocycles. The van der Waals surface area contributed by atoms with Crippen LogP contribution in [-0.2, 0) is 0 Å². The lowest BCUT2D eigenvalue weighted by Gasteiger charge is -2.13. The highest BCUT2D eigenvalue weighted by Crippen LogP contribution is 2.33. The van der Waals surface area contributed by atoms with Gasteiger partial charge in [-0.25, -0.2) is 0 Å². The van der Waals surface area contributed by atoms with E-state index in [4.69, 9.17) is 4.74 Å². The molecule has 0 fully saturated rings. The second-order valence-electron chi connectivity index (χ2n) is 5.22. The summed E-state index contributed by atoms with van der Waals surface area (Å²) in [5, 5.41) is 4.81. The molecule has 0 unspecified atom stereocenters. The Labute approximate surface area is 153 Å². The maximum absolute atomic E-state index is 12.6. The number of alkyl halides is 2. The predicted molar refractivity (Wildman–Crippen MR) is 97.3 cm³/mol. The number of halogens is 2. The van der Waals surface area contributed by atoms with Crippen molar-refractivity contribution in [2.24, 2.45) is 0 Å². The molecule has 1 heterocycles. The molecule has 0 spiro atoms. The molecule has 0 atom stereocenters. The molecular weight excluding hydrogens is 360 g/mol. The van der Waals surface area contributed by atoms with Crippen LogP contribution in [0.5, 0.6) is 11.5 Å². The highest BCUT2D eigenvalue weighted by Gasteiger charge is 2.15. The highest BCUT2D eigenvalue weighted by atomic mass is 32.1. The fraction of sp³-hybridized carbons (Fsp3) is 0.105. The minimum atomic E-state index is -2.97. The summed E-state index contributed by atoms with van der Waals surface area (Å²) in [4.78, 5) is 13.6. The van der Waals surface area contributed by atoms with Crippen molar-refractivity contribution in [2.45, 2.75) is 6.61 Å². The number of rotatable bonds is 6. The summed E-state index contributed by atoms with van der Waals surface area (Å²) >= 11 is 1.57. The Morgan fingerprint density at radius 2 is 1.88 bits per heavy atom. The molecule has 1 aromatic heterocycles. The Balaban J connectivity index is 1.85. The zero-order chi connectivity index (χ0) is 18.5. The molecule has 4 nitrogen and oxygen atoms in total. The smallest absolute Gasteiger partial charge is 0.387 e. The minimum absolute atomic E-state index is 0.0597. The predicted octanol–water partition coefficient (Wildman–Crippen LogP) is 5.28. The molecule has 26 heavy (non-hydrogen) atoms. The van der Waals surface area contributed by atoms with Crippen LogP contribution in [0.2, 0.25) is 0 Å². The van der Waals surface area contributed by atoms with Crippen LogP contribution in [0.1, 0.15) is 10.4 Å². The van der Waals surface area contributed by atoms with Gasteiger partial charge in [0.25, 0.3) is 5.91 Å². The largest absolute Gasteiger partial charge is 0.493 e. The second-order valence-corrected chi connectivity index (χ2v) is 6.17. The number of thiophene rings is 1. The van der Waals surface area contributed by atoms with Crippen molar-refractivity contribution in [3.8, 4) is 21.9 Å². The first kappa shape index (κ1) is 17.9. The molecule has 134 valence electrons. The van der Waals surface area contributed by atoms with Crippen LogP contribution in [0.25, 0.3) is 10.4 Å². The molecule has 1 N–H and O–H groups in total. The van der Waals surface area contributed by atoms with Gasteiger partial charge in [-0.1, -0.05) is 24.3 Å². The minimum Gasteiger partial charge on any atom is -0.493 e. The quantitative estimate of drug-likeness (QED) is 0.638. The summed E-state index contributed by atoms with van der Waals surface area (Å²) in [5.74, 6) is -0.446. The molecule has 0 saturated heterocycles. The van der Waals surface area contributed by atoms with Crippen molar-refractivity contribution in [2.75, 3.05) is 12.4 Å². The first-order chi connectivity index (χ1) is 12.6. The summed E-state index contributed by atoms with van der Waals surface area (Å²) in [6.45, 7) is -2.97. The summed E-state index contributed by atoms with van der Waals surface area (Å²) in [6.07, 6.45) is 0. The normalized spacial score (nSPS) is 10.6. The van der Waals surface area contributed by atoms with E-state index in [1.165, 1.54) is 25.3 Å². The number of benzene rings is 2. The van der Waals surface area contributed by atoms with Crippen molar-refractivity contribution in [3.63, 3.8) is 0 Å². The van der Waals surface area contributed by atoms with E-state index in [9.17, 15) is 13.6 Å². The van der Waals surface area contributed by atoms with Crippen LogP contribution >= 0.6 is 11.3 Å². The van der Waals surface area contributed by atoms with Gasteiger partial charge in [0.2, 0.25) is 0 Å². The number of para-hydroxylation sites is 1. The molecule has 3 rings (SSSR count). The van der Waals surface area contributed by atoms with E-state index in [0.717, 1.165) is 10.4 Å². The lowest BCUT2D eigenvalue weighted by Crippen LogP contribution is -2.13. The standard InChI is InChI=1S/C19H15F2NO3S/c1-24-16-11-12(8-9-15(16)25-19(20)21)18(23)22-14-6-3-2-5-13(14)17-7-4-10-26-17/h2-11,19H,1H3,(H,22,23). The van der Waals surface area contributed by atoms with E-state index in [0.29, 0.717) is 5.69 Å². The van der Waals surface area contributed by atoms with Gasteiger partial charge in [0.1, 0.15) is 0 Å². The summed E-state index contributed by atoms with van der Waals surface area (Å²) < 4.78 is 34.2. The van der Waals surface area contributed by atoms with E-state index in [2.05, 4.69) is 10.1 Å². The van der Waals surface area contributed by atoms with Crippen molar-refractivity contribution < 1.29 is 23.0 Å². The zero-order valence-corrected chi connectivity index (χ0v) is 14.6. The molecular formula is C19H15F2NO3S. The maximum Gasteiger partial charge on any atom is 0.387 e. The van der Waals surface area contributed by atoms with Gasteiger partial charge in [0.05, 0.1) is 7.11 Å². The third-order valence-electron chi connectivity index (χ3n) is 3.60. The van der Waals surface area contributed by atoms with E-state index >= 15 is 0 Å². The van der Waals surface area contributed by atoms with Crippen LogP contribution in [0.15, 0.2) is 60.0 Å². The highest BCUT2D eigenvalue weighted by molar-refractivity contribution is 7.13. The van der Waals surface area contributed by atoms with Crippen molar-refractivity contribution in [3.05, 3.63) is 65.5 Å². The van der Waals surface area contributed by atoms with Gasteiger partial charge in [0, 0.05) is 21.7 Å². The van der Waals surface area contributed by atoms with E-state index in [-0.39, 0.29) is 23.0 Å². The number of nitrogens with one attached hydrogen (secondary N) is 1. The average molecular weight is 375 g/mol. The Morgan fingerprint density at radius 1 is 1.08 bits per heavy atom. The summed E-state index contributed by atoms with van der Waals surface area (Å²) in [6, 6.07) is 15.4. The van der Waals surface area contributed by atoms with Crippen LogP contribution in [0, 0.1) is 0 Å². The van der Waals surface area contributed by atoms with Crippen LogP contribution in [-0.4, -0.2) is 19.6 Å². The topological polar surface area (TPSA) is 47.6 Å². The van der Waals surface area contributed by atoms with Gasteiger partial charge in [-0.15, -0.1) is 11.3 Å². The van der Waals surface area contributed by atoms with Crippen LogP contribution < -0.4 is 14.8 Å². The fourth-order valence-corrected chi connectivity index (χ4v) is 3.20. The third kappa shape index (κ3) is 4.00. The van der Waals surface area contributed by atoms with Crippen LogP contribution in [0.3, 0.4) is 0 Å². The number of ether oxygens (including phenoxy) is 2. The fourth-order valence-electron chi connectivity index (χ4n) is 2.44. The van der Waals surface area contributed by atoms with Crippen molar-refractivity contribution in [1.29, 1.82) is 0 Å². The Kier molecular flexibility index (Phi) is 5.48. The first-order valence-electron chi connectivity index (χ1n) is 7.65. The molecule has 7 heteroatoms. The number of amides is 1.